The van der Waals surface area contributed by atoms with Crippen molar-refractivity contribution in [2.24, 2.45) is 5.73 Å². The Morgan fingerprint density at radius 1 is 1.24 bits per heavy atom. The van der Waals surface area contributed by atoms with Crippen molar-refractivity contribution in [3.05, 3.63) is 47.0 Å². The molecule has 0 bridgehead atoms. The molecule has 0 aliphatic heterocycles. The lowest BCUT2D eigenvalue weighted by atomic mass is 10.1. The van der Waals surface area contributed by atoms with E-state index in [4.69, 9.17) is 5.73 Å². The first-order valence-electron chi connectivity index (χ1n) is 6.45. The summed E-state index contributed by atoms with van der Waals surface area (Å²) in [4.78, 5) is 23.1. The minimum absolute atomic E-state index is 0.190. The van der Waals surface area contributed by atoms with Crippen molar-refractivity contribution in [2.45, 2.75) is 32.7 Å². The van der Waals surface area contributed by atoms with Gasteiger partial charge < -0.3 is 11.1 Å². The number of primary amides is 1. The molecule has 6 heteroatoms. The molecular weight excluding hydrogens is 278 g/mol. The number of hydrogen-bond donors (Lipinski definition) is 2. The van der Waals surface area contributed by atoms with E-state index < -0.39 is 29.5 Å². The molecule has 1 atom stereocenters. The lowest BCUT2D eigenvalue weighted by molar-refractivity contribution is -0.126. The molecule has 2 amide bonds. The molecule has 21 heavy (non-hydrogen) atoms. The maximum atomic E-state index is 13.0. The highest BCUT2D eigenvalue weighted by atomic mass is 19.1. The maximum Gasteiger partial charge on any atom is 0.240 e. The van der Waals surface area contributed by atoms with Gasteiger partial charge in [-0.05, 0) is 38.0 Å². The Kier molecular flexibility index (Phi) is 6.02. The zero-order valence-corrected chi connectivity index (χ0v) is 12.0. The van der Waals surface area contributed by atoms with Crippen molar-refractivity contribution in [3.8, 4) is 0 Å². The van der Waals surface area contributed by atoms with Crippen LogP contribution in [0.2, 0.25) is 0 Å². The van der Waals surface area contributed by atoms with Crippen LogP contribution in [-0.4, -0.2) is 17.9 Å². The van der Waals surface area contributed by atoms with E-state index in [0.29, 0.717) is 0 Å². The monoisotopic (exact) mass is 296 g/mol. The number of hydrogen-bond acceptors (Lipinski definition) is 2. The predicted octanol–water partition coefficient (Wildman–Crippen LogP) is 1.83. The first-order chi connectivity index (χ1) is 9.77. The fraction of sp³-hybridized carbons (Fsp3) is 0.333. The molecule has 0 fully saturated rings. The second-order valence-electron chi connectivity index (χ2n) is 4.99. The van der Waals surface area contributed by atoms with Crippen molar-refractivity contribution in [2.75, 3.05) is 0 Å². The Balaban J connectivity index is 2.69. The SMILES string of the molecule is CC(C)=CC[C@@H](NC(=O)Cc1cc(F)cc(F)c1)C(N)=O. The second kappa shape index (κ2) is 7.52. The molecule has 0 unspecified atom stereocenters. The van der Waals surface area contributed by atoms with Crippen LogP contribution in [0.1, 0.15) is 25.8 Å². The van der Waals surface area contributed by atoms with E-state index in [1.54, 1.807) is 6.08 Å². The summed E-state index contributed by atoms with van der Waals surface area (Å²) in [5, 5.41) is 2.46. The topological polar surface area (TPSA) is 72.2 Å². The van der Waals surface area contributed by atoms with E-state index in [1.165, 1.54) is 0 Å². The smallest absolute Gasteiger partial charge is 0.240 e. The van der Waals surface area contributed by atoms with Gasteiger partial charge in [-0.1, -0.05) is 11.6 Å². The van der Waals surface area contributed by atoms with Gasteiger partial charge in [0.25, 0.3) is 0 Å². The third kappa shape index (κ3) is 6.16. The molecule has 1 aromatic rings. The number of nitrogens with two attached hydrogens (primary N) is 1. The molecular formula is C15H18F2N2O2. The summed E-state index contributed by atoms with van der Waals surface area (Å²) in [7, 11) is 0. The Hall–Kier alpha value is -2.24. The average molecular weight is 296 g/mol. The van der Waals surface area contributed by atoms with E-state index in [9.17, 15) is 18.4 Å². The van der Waals surface area contributed by atoms with Crippen molar-refractivity contribution in [1.29, 1.82) is 0 Å². The molecule has 1 rings (SSSR count). The summed E-state index contributed by atoms with van der Waals surface area (Å²) < 4.78 is 26.1. The van der Waals surface area contributed by atoms with Crippen molar-refractivity contribution >= 4 is 11.8 Å². The number of halogens is 2. The average Bonchev–Trinajstić information content (AvgIpc) is 2.32. The number of carbonyl (C=O) groups is 2. The maximum absolute atomic E-state index is 13.0. The van der Waals surface area contributed by atoms with Crippen LogP contribution in [0, 0.1) is 11.6 Å². The molecule has 4 nitrogen and oxygen atoms in total. The Labute approximate surface area is 122 Å². The van der Waals surface area contributed by atoms with Gasteiger partial charge >= 0.3 is 0 Å². The summed E-state index contributed by atoms with van der Waals surface area (Å²) >= 11 is 0. The molecule has 0 saturated carbocycles. The van der Waals surface area contributed by atoms with Crippen molar-refractivity contribution in [3.63, 3.8) is 0 Å². The second-order valence-corrected chi connectivity index (χ2v) is 4.99. The van der Waals surface area contributed by atoms with Crippen LogP contribution >= 0.6 is 0 Å². The molecule has 0 heterocycles. The standard InChI is InChI=1S/C15H18F2N2O2/c1-9(2)3-4-13(15(18)21)19-14(20)7-10-5-11(16)8-12(17)6-10/h3,5-6,8,13H,4,7H2,1-2H3,(H2,18,21)(H,19,20)/t13-/m1/s1. The van der Waals surface area contributed by atoms with Crippen molar-refractivity contribution in [1.82, 2.24) is 5.32 Å². The van der Waals surface area contributed by atoms with Gasteiger partial charge in [0.1, 0.15) is 17.7 Å². The lowest BCUT2D eigenvalue weighted by Gasteiger charge is -2.14. The summed E-state index contributed by atoms with van der Waals surface area (Å²) in [6.45, 7) is 3.71. The molecule has 0 aromatic heterocycles. The van der Waals surface area contributed by atoms with E-state index in [-0.39, 0.29) is 18.4 Å². The fourth-order valence-corrected chi connectivity index (χ4v) is 1.74. The molecule has 1 aromatic carbocycles. The fourth-order valence-electron chi connectivity index (χ4n) is 1.74. The van der Waals surface area contributed by atoms with E-state index in [1.807, 2.05) is 13.8 Å². The minimum atomic E-state index is -0.842. The van der Waals surface area contributed by atoms with Gasteiger partial charge in [0.2, 0.25) is 11.8 Å². The predicted molar refractivity (Wildman–Crippen MR) is 75.2 cm³/mol. The summed E-state index contributed by atoms with van der Waals surface area (Å²) in [5.41, 5.74) is 6.39. The van der Waals surface area contributed by atoms with E-state index >= 15 is 0 Å². The Morgan fingerprint density at radius 2 is 1.81 bits per heavy atom. The van der Waals surface area contributed by atoms with Crippen LogP contribution in [-0.2, 0) is 16.0 Å². The van der Waals surface area contributed by atoms with Gasteiger partial charge in [0.15, 0.2) is 0 Å². The first-order valence-corrected chi connectivity index (χ1v) is 6.45. The molecule has 0 saturated heterocycles. The first kappa shape index (κ1) is 16.8. The number of benzene rings is 1. The zero-order valence-electron chi connectivity index (χ0n) is 12.0. The van der Waals surface area contributed by atoms with Crippen LogP contribution in [0.3, 0.4) is 0 Å². The summed E-state index contributed by atoms with van der Waals surface area (Å²) in [6, 6.07) is 2.02. The molecule has 0 aliphatic carbocycles. The van der Waals surface area contributed by atoms with Gasteiger partial charge in [-0.2, -0.15) is 0 Å². The van der Waals surface area contributed by atoms with E-state index in [2.05, 4.69) is 5.32 Å². The van der Waals surface area contributed by atoms with Gasteiger partial charge in [-0.25, -0.2) is 8.78 Å². The highest BCUT2D eigenvalue weighted by molar-refractivity contribution is 5.87. The quantitative estimate of drug-likeness (QED) is 0.786. The Bertz CT molecular complexity index is 547. The number of amides is 2. The molecule has 3 N–H and O–H groups in total. The van der Waals surface area contributed by atoms with Crippen LogP contribution in [0.25, 0.3) is 0 Å². The molecule has 0 spiro atoms. The zero-order chi connectivity index (χ0) is 16.0. The Morgan fingerprint density at radius 3 is 2.29 bits per heavy atom. The third-order valence-corrected chi connectivity index (χ3v) is 2.73. The van der Waals surface area contributed by atoms with Crippen LogP contribution in [0.4, 0.5) is 8.78 Å². The highest BCUT2D eigenvalue weighted by Gasteiger charge is 2.17. The third-order valence-electron chi connectivity index (χ3n) is 2.73. The molecule has 0 aliphatic rings. The molecule has 0 radical (unpaired) electrons. The van der Waals surface area contributed by atoms with Crippen LogP contribution < -0.4 is 11.1 Å². The highest BCUT2D eigenvalue weighted by Crippen LogP contribution is 2.09. The molecule has 114 valence electrons. The van der Waals surface area contributed by atoms with Gasteiger partial charge in [0, 0.05) is 6.07 Å². The van der Waals surface area contributed by atoms with E-state index in [0.717, 1.165) is 23.8 Å². The van der Waals surface area contributed by atoms with Crippen molar-refractivity contribution < 1.29 is 18.4 Å². The van der Waals surface area contributed by atoms with Gasteiger partial charge in [-0.15, -0.1) is 0 Å². The summed E-state index contributed by atoms with van der Waals surface area (Å²) in [5.74, 6) is -2.69. The van der Waals surface area contributed by atoms with Gasteiger partial charge in [0.05, 0.1) is 6.42 Å². The summed E-state index contributed by atoms with van der Waals surface area (Å²) in [6.07, 6.45) is 1.83. The normalized spacial score (nSPS) is 11.6. The number of allylic oxidation sites excluding steroid dienone is 1. The minimum Gasteiger partial charge on any atom is -0.368 e. The number of nitrogens with one attached hydrogen (secondary N) is 1. The van der Waals surface area contributed by atoms with Crippen LogP contribution in [0.15, 0.2) is 29.8 Å². The number of carbonyl (C=O) groups excluding carboxylic acids is 2. The van der Waals surface area contributed by atoms with Crippen LogP contribution in [0.5, 0.6) is 0 Å². The largest absolute Gasteiger partial charge is 0.368 e. The lowest BCUT2D eigenvalue weighted by Crippen LogP contribution is -2.44. The van der Waals surface area contributed by atoms with Gasteiger partial charge in [-0.3, -0.25) is 9.59 Å². The number of rotatable bonds is 6.